The van der Waals surface area contributed by atoms with Crippen molar-refractivity contribution < 1.29 is 4.74 Å². The second-order valence-corrected chi connectivity index (χ2v) is 6.86. The maximum atomic E-state index is 5.87. The van der Waals surface area contributed by atoms with Crippen LogP contribution in [0.2, 0.25) is 0 Å². The normalized spacial score (nSPS) is 22.2. The molecule has 1 unspecified atom stereocenters. The Hall–Kier alpha value is -1.06. The Morgan fingerprint density at radius 1 is 1.29 bits per heavy atom. The number of rotatable bonds is 6. The van der Waals surface area contributed by atoms with Gasteiger partial charge in [0.05, 0.1) is 6.61 Å². The zero-order valence-corrected chi connectivity index (χ0v) is 14.0. The fourth-order valence-electron chi connectivity index (χ4n) is 2.88. The lowest BCUT2D eigenvalue weighted by molar-refractivity contribution is 0.0674. The second kappa shape index (κ2) is 7.28. The number of nitrogens with zero attached hydrogens (tertiary/aromatic N) is 1. The molecular weight excluding hydrogens is 260 g/mol. The standard InChI is InChI=1S/C18H30N2O/c1-15-9-5-6-10-17(15)21-12-8-7-11-20-13-16(2)19-14-18(20,3)4/h5-6,9-10,16,19H,7-8,11-14H2,1-4H3. The number of ether oxygens (including phenoxy) is 1. The Labute approximate surface area is 129 Å². The monoisotopic (exact) mass is 290 g/mol. The third-order valence-corrected chi connectivity index (χ3v) is 4.41. The van der Waals surface area contributed by atoms with E-state index in [9.17, 15) is 0 Å². The summed E-state index contributed by atoms with van der Waals surface area (Å²) in [6.45, 7) is 13.2. The van der Waals surface area contributed by atoms with E-state index in [1.54, 1.807) is 0 Å². The maximum Gasteiger partial charge on any atom is 0.122 e. The SMILES string of the molecule is Cc1ccccc1OCCCCN1CC(C)NCC1(C)C. The van der Waals surface area contributed by atoms with Crippen molar-refractivity contribution in [3.63, 3.8) is 0 Å². The molecule has 118 valence electrons. The van der Waals surface area contributed by atoms with Crippen molar-refractivity contribution in [3.05, 3.63) is 29.8 Å². The molecule has 1 atom stereocenters. The molecule has 0 aromatic heterocycles. The fourth-order valence-corrected chi connectivity index (χ4v) is 2.88. The van der Waals surface area contributed by atoms with Crippen LogP contribution in [0.15, 0.2) is 24.3 Å². The summed E-state index contributed by atoms with van der Waals surface area (Å²) in [5.41, 5.74) is 1.48. The number of unbranched alkanes of at least 4 members (excludes halogenated alkanes) is 1. The van der Waals surface area contributed by atoms with Gasteiger partial charge in [-0.05, 0) is 58.7 Å². The van der Waals surface area contributed by atoms with E-state index in [4.69, 9.17) is 4.74 Å². The number of para-hydroxylation sites is 1. The second-order valence-electron chi connectivity index (χ2n) is 6.86. The van der Waals surface area contributed by atoms with Gasteiger partial charge in [0.15, 0.2) is 0 Å². The molecule has 1 aromatic rings. The topological polar surface area (TPSA) is 24.5 Å². The lowest BCUT2D eigenvalue weighted by atomic mass is 9.97. The van der Waals surface area contributed by atoms with Crippen LogP contribution in [-0.4, -0.2) is 42.7 Å². The molecular formula is C18H30N2O. The van der Waals surface area contributed by atoms with Gasteiger partial charge in [-0.3, -0.25) is 4.90 Å². The van der Waals surface area contributed by atoms with Crippen LogP contribution in [0.25, 0.3) is 0 Å². The van der Waals surface area contributed by atoms with Gasteiger partial charge in [-0.25, -0.2) is 0 Å². The van der Waals surface area contributed by atoms with Gasteiger partial charge in [-0.2, -0.15) is 0 Å². The van der Waals surface area contributed by atoms with E-state index in [0.29, 0.717) is 6.04 Å². The van der Waals surface area contributed by atoms with Crippen molar-refractivity contribution in [1.82, 2.24) is 10.2 Å². The Bertz CT molecular complexity index is 445. The van der Waals surface area contributed by atoms with Gasteiger partial charge in [-0.1, -0.05) is 18.2 Å². The summed E-state index contributed by atoms with van der Waals surface area (Å²) in [5.74, 6) is 1.02. The summed E-state index contributed by atoms with van der Waals surface area (Å²) in [6, 6.07) is 8.83. The predicted octanol–water partition coefficient (Wildman–Crippen LogP) is 3.23. The Morgan fingerprint density at radius 3 is 2.81 bits per heavy atom. The first kappa shape index (κ1) is 16.3. The molecule has 3 heteroatoms. The highest BCUT2D eigenvalue weighted by molar-refractivity contribution is 5.31. The summed E-state index contributed by atoms with van der Waals surface area (Å²) >= 11 is 0. The quantitative estimate of drug-likeness (QED) is 0.814. The van der Waals surface area contributed by atoms with Crippen molar-refractivity contribution in [2.45, 2.75) is 52.1 Å². The van der Waals surface area contributed by atoms with E-state index in [2.05, 4.69) is 56.1 Å². The highest BCUT2D eigenvalue weighted by atomic mass is 16.5. The summed E-state index contributed by atoms with van der Waals surface area (Å²) in [6.07, 6.45) is 2.31. The van der Waals surface area contributed by atoms with E-state index < -0.39 is 0 Å². The molecule has 1 fully saturated rings. The molecule has 1 aromatic carbocycles. The molecule has 21 heavy (non-hydrogen) atoms. The van der Waals surface area contributed by atoms with Crippen LogP contribution < -0.4 is 10.1 Å². The minimum absolute atomic E-state index is 0.267. The molecule has 1 N–H and O–H groups in total. The molecule has 0 spiro atoms. The lowest BCUT2D eigenvalue weighted by Gasteiger charge is -2.45. The Morgan fingerprint density at radius 2 is 2.05 bits per heavy atom. The van der Waals surface area contributed by atoms with Gasteiger partial charge in [0.1, 0.15) is 5.75 Å². The molecule has 1 heterocycles. The molecule has 2 rings (SSSR count). The molecule has 0 saturated carbocycles. The van der Waals surface area contributed by atoms with Crippen LogP contribution in [0.4, 0.5) is 0 Å². The molecule has 1 aliphatic rings. The molecule has 1 saturated heterocycles. The van der Waals surface area contributed by atoms with Crippen LogP contribution in [-0.2, 0) is 0 Å². The first-order valence-corrected chi connectivity index (χ1v) is 8.16. The van der Waals surface area contributed by atoms with Gasteiger partial charge in [-0.15, -0.1) is 0 Å². The smallest absolute Gasteiger partial charge is 0.122 e. The Kier molecular flexibility index (Phi) is 5.65. The van der Waals surface area contributed by atoms with Crippen molar-refractivity contribution >= 4 is 0 Å². The van der Waals surface area contributed by atoms with E-state index in [0.717, 1.165) is 38.4 Å². The van der Waals surface area contributed by atoms with Gasteiger partial charge in [0.25, 0.3) is 0 Å². The lowest BCUT2D eigenvalue weighted by Crippen LogP contribution is -2.61. The average molecular weight is 290 g/mol. The molecule has 0 amide bonds. The van der Waals surface area contributed by atoms with Crippen LogP contribution in [0.5, 0.6) is 5.75 Å². The summed E-state index contributed by atoms with van der Waals surface area (Å²) < 4.78 is 5.87. The third-order valence-electron chi connectivity index (χ3n) is 4.41. The predicted molar refractivity (Wildman–Crippen MR) is 89.0 cm³/mol. The Balaban J connectivity index is 1.68. The van der Waals surface area contributed by atoms with Crippen LogP contribution in [0, 0.1) is 6.92 Å². The van der Waals surface area contributed by atoms with E-state index in [-0.39, 0.29) is 5.54 Å². The fraction of sp³-hybridized carbons (Fsp3) is 0.667. The zero-order valence-electron chi connectivity index (χ0n) is 14.0. The average Bonchev–Trinajstić information content (AvgIpc) is 2.44. The van der Waals surface area contributed by atoms with Crippen LogP contribution in [0.3, 0.4) is 0 Å². The van der Waals surface area contributed by atoms with Crippen molar-refractivity contribution in [2.24, 2.45) is 0 Å². The summed E-state index contributed by atoms with van der Waals surface area (Å²) in [7, 11) is 0. The number of aryl methyl sites for hydroxylation is 1. The largest absolute Gasteiger partial charge is 0.493 e. The number of hydrogen-bond donors (Lipinski definition) is 1. The van der Waals surface area contributed by atoms with E-state index in [1.165, 1.54) is 12.0 Å². The first-order valence-electron chi connectivity index (χ1n) is 8.16. The molecule has 0 radical (unpaired) electrons. The van der Waals surface area contributed by atoms with Gasteiger partial charge in [0, 0.05) is 24.7 Å². The minimum atomic E-state index is 0.267. The van der Waals surface area contributed by atoms with E-state index >= 15 is 0 Å². The molecule has 1 aliphatic heterocycles. The van der Waals surface area contributed by atoms with Gasteiger partial charge >= 0.3 is 0 Å². The van der Waals surface area contributed by atoms with Crippen LogP contribution >= 0.6 is 0 Å². The first-order chi connectivity index (χ1) is 9.99. The maximum absolute atomic E-state index is 5.87. The van der Waals surface area contributed by atoms with Crippen LogP contribution in [0.1, 0.15) is 39.2 Å². The van der Waals surface area contributed by atoms with E-state index in [1.807, 2.05) is 6.07 Å². The minimum Gasteiger partial charge on any atom is -0.493 e. The van der Waals surface area contributed by atoms with Crippen molar-refractivity contribution in [2.75, 3.05) is 26.2 Å². The molecule has 0 aliphatic carbocycles. The number of nitrogens with one attached hydrogen (secondary N) is 1. The highest BCUT2D eigenvalue weighted by Crippen LogP contribution is 2.20. The van der Waals surface area contributed by atoms with Crippen molar-refractivity contribution in [3.8, 4) is 5.75 Å². The number of benzene rings is 1. The third kappa shape index (κ3) is 4.72. The van der Waals surface area contributed by atoms with Gasteiger partial charge in [0.2, 0.25) is 0 Å². The summed E-state index contributed by atoms with van der Waals surface area (Å²) in [4.78, 5) is 2.61. The number of piperazine rings is 1. The van der Waals surface area contributed by atoms with Gasteiger partial charge < -0.3 is 10.1 Å². The molecule has 0 bridgehead atoms. The zero-order chi connectivity index (χ0) is 15.3. The molecule has 3 nitrogen and oxygen atoms in total. The summed E-state index contributed by atoms with van der Waals surface area (Å²) in [5, 5.41) is 3.57. The highest BCUT2D eigenvalue weighted by Gasteiger charge is 2.31. The number of hydrogen-bond acceptors (Lipinski definition) is 3. The van der Waals surface area contributed by atoms with Crippen molar-refractivity contribution in [1.29, 1.82) is 0 Å².